The Bertz CT molecular complexity index is 1080. The summed E-state index contributed by atoms with van der Waals surface area (Å²) in [6.07, 6.45) is 2.41. The molecule has 152 valence electrons. The van der Waals surface area contributed by atoms with E-state index in [4.69, 9.17) is 9.47 Å². The van der Waals surface area contributed by atoms with Gasteiger partial charge >= 0.3 is 4.87 Å². The largest absolute Gasteiger partial charge is 0.494 e. The first-order valence-corrected chi connectivity index (χ1v) is 10.5. The van der Waals surface area contributed by atoms with Crippen LogP contribution in [0.4, 0.5) is 0 Å². The molecule has 1 aliphatic rings. The fraction of sp³-hybridized carbons (Fsp3) is 0.348. The van der Waals surface area contributed by atoms with E-state index in [9.17, 15) is 9.90 Å². The van der Waals surface area contributed by atoms with Crippen molar-refractivity contribution in [3.8, 4) is 17.4 Å². The van der Waals surface area contributed by atoms with Crippen LogP contribution in [0.1, 0.15) is 40.5 Å². The van der Waals surface area contributed by atoms with Gasteiger partial charge in [-0.05, 0) is 74.1 Å². The monoisotopic (exact) mass is 411 g/mol. The van der Waals surface area contributed by atoms with Gasteiger partial charge in [-0.25, -0.2) is 0 Å². The van der Waals surface area contributed by atoms with Crippen LogP contribution in [0.2, 0.25) is 0 Å². The molecule has 2 aromatic carbocycles. The lowest BCUT2D eigenvalue weighted by Crippen LogP contribution is -2.42. The molecule has 2 heterocycles. The molecule has 4 rings (SSSR count). The summed E-state index contributed by atoms with van der Waals surface area (Å²) in [6.45, 7) is 6.80. The van der Waals surface area contributed by atoms with Crippen LogP contribution in [0.25, 0.3) is 0 Å². The summed E-state index contributed by atoms with van der Waals surface area (Å²) in [5, 5.41) is 9.72. The Morgan fingerprint density at radius 1 is 1.24 bits per heavy atom. The minimum absolute atomic E-state index is 0.0477. The molecule has 6 heteroatoms. The van der Waals surface area contributed by atoms with Gasteiger partial charge in [-0.3, -0.25) is 9.78 Å². The van der Waals surface area contributed by atoms with Gasteiger partial charge in [0.2, 0.25) is 5.88 Å². The SMILES string of the molecule is Cc1cc(C)c2c(c1)OC(C)(COc1ccc(Cc3sc(=O)[nH]c3O)cc1)CC2. The average Bonchev–Trinajstić information content (AvgIpc) is 2.97. The van der Waals surface area contributed by atoms with Crippen molar-refractivity contribution in [2.75, 3.05) is 6.61 Å². The minimum Gasteiger partial charge on any atom is -0.494 e. The first kappa shape index (κ1) is 19.6. The highest BCUT2D eigenvalue weighted by Crippen LogP contribution is 2.36. The van der Waals surface area contributed by atoms with Gasteiger partial charge in [-0.1, -0.05) is 29.5 Å². The molecule has 0 amide bonds. The maximum Gasteiger partial charge on any atom is 0.307 e. The molecule has 0 bridgehead atoms. The molecule has 5 nitrogen and oxygen atoms in total. The van der Waals surface area contributed by atoms with Crippen molar-refractivity contribution in [3.05, 3.63) is 73.2 Å². The lowest BCUT2D eigenvalue weighted by atomic mass is 9.90. The zero-order valence-electron chi connectivity index (χ0n) is 16.9. The second-order valence-electron chi connectivity index (χ2n) is 8.01. The Morgan fingerprint density at radius 2 is 2.00 bits per heavy atom. The number of aromatic nitrogens is 1. The van der Waals surface area contributed by atoms with E-state index in [1.165, 1.54) is 16.7 Å². The Morgan fingerprint density at radius 3 is 2.69 bits per heavy atom. The van der Waals surface area contributed by atoms with Crippen molar-refractivity contribution in [2.24, 2.45) is 0 Å². The maximum atomic E-state index is 11.3. The quantitative estimate of drug-likeness (QED) is 0.648. The molecule has 29 heavy (non-hydrogen) atoms. The number of ether oxygens (including phenoxy) is 2. The smallest absolute Gasteiger partial charge is 0.307 e. The number of nitrogens with one attached hydrogen (secondary N) is 1. The number of aromatic amines is 1. The first-order valence-electron chi connectivity index (χ1n) is 9.73. The molecule has 0 radical (unpaired) electrons. The van der Waals surface area contributed by atoms with Gasteiger partial charge in [0.1, 0.15) is 23.7 Å². The average molecular weight is 412 g/mol. The molecule has 2 N–H and O–H groups in total. The standard InChI is InChI=1S/C23H25NO4S/c1-14-10-15(2)18-8-9-23(3,28-19(18)11-14)13-27-17-6-4-16(5-7-17)12-20-21(25)24-22(26)29-20/h4-7,10-11,25H,8-9,12-13H2,1-3H3,(H,24,26). The fourth-order valence-corrected chi connectivity index (χ4v) is 4.53. The summed E-state index contributed by atoms with van der Waals surface area (Å²) in [6, 6.07) is 12.0. The lowest BCUT2D eigenvalue weighted by molar-refractivity contribution is 0.0174. The van der Waals surface area contributed by atoms with Gasteiger partial charge in [-0.2, -0.15) is 0 Å². The highest BCUT2D eigenvalue weighted by Gasteiger charge is 2.33. The summed E-state index contributed by atoms with van der Waals surface area (Å²) in [4.78, 5) is 14.1. The van der Waals surface area contributed by atoms with E-state index in [1.54, 1.807) is 0 Å². The van der Waals surface area contributed by atoms with E-state index in [1.807, 2.05) is 24.3 Å². The van der Waals surface area contributed by atoms with E-state index in [0.29, 0.717) is 17.9 Å². The number of fused-ring (bicyclic) bond motifs is 1. The molecule has 1 unspecified atom stereocenters. The van der Waals surface area contributed by atoms with Gasteiger partial charge in [0.25, 0.3) is 0 Å². The molecule has 0 spiro atoms. The number of aryl methyl sites for hydroxylation is 2. The summed E-state index contributed by atoms with van der Waals surface area (Å²) in [5.74, 6) is 1.70. The van der Waals surface area contributed by atoms with E-state index >= 15 is 0 Å². The third kappa shape index (κ3) is 4.32. The molecule has 0 fully saturated rings. The number of hydrogen-bond acceptors (Lipinski definition) is 5. The van der Waals surface area contributed by atoms with Crippen LogP contribution >= 0.6 is 11.3 Å². The molecule has 3 aromatic rings. The molecule has 0 aliphatic carbocycles. The molecular formula is C23H25NO4S. The van der Waals surface area contributed by atoms with E-state index in [-0.39, 0.29) is 16.4 Å². The molecule has 1 atom stereocenters. The fourth-order valence-electron chi connectivity index (χ4n) is 3.77. The zero-order chi connectivity index (χ0) is 20.6. The Balaban J connectivity index is 1.40. The highest BCUT2D eigenvalue weighted by molar-refractivity contribution is 7.09. The van der Waals surface area contributed by atoms with Crippen molar-refractivity contribution in [1.29, 1.82) is 0 Å². The van der Waals surface area contributed by atoms with Crippen LogP contribution in [-0.2, 0) is 12.8 Å². The number of H-pyrrole nitrogens is 1. The third-order valence-corrected chi connectivity index (χ3v) is 6.24. The normalized spacial score (nSPS) is 18.2. The predicted molar refractivity (Wildman–Crippen MR) is 115 cm³/mol. The van der Waals surface area contributed by atoms with Crippen LogP contribution in [0, 0.1) is 13.8 Å². The number of rotatable bonds is 5. The summed E-state index contributed by atoms with van der Waals surface area (Å²) in [7, 11) is 0. The van der Waals surface area contributed by atoms with Crippen LogP contribution < -0.4 is 14.3 Å². The van der Waals surface area contributed by atoms with Crippen LogP contribution in [-0.4, -0.2) is 22.3 Å². The van der Waals surface area contributed by atoms with Crippen molar-refractivity contribution < 1.29 is 14.6 Å². The Hall–Kier alpha value is -2.73. The van der Waals surface area contributed by atoms with E-state index in [2.05, 4.69) is 37.9 Å². The van der Waals surface area contributed by atoms with Gasteiger partial charge in [0, 0.05) is 6.42 Å². The zero-order valence-corrected chi connectivity index (χ0v) is 17.7. The Kier molecular flexibility index (Phi) is 5.13. The van der Waals surface area contributed by atoms with Crippen LogP contribution in [0.5, 0.6) is 17.4 Å². The van der Waals surface area contributed by atoms with Crippen molar-refractivity contribution in [1.82, 2.24) is 4.98 Å². The summed E-state index contributed by atoms with van der Waals surface area (Å²) < 4.78 is 12.4. The number of thiazole rings is 1. The van der Waals surface area contributed by atoms with Crippen LogP contribution in [0.3, 0.4) is 0 Å². The van der Waals surface area contributed by atoms with Crippen molar-refractivity contribution in [2.45, 2.75) is 45.6 Å². The highest BCUT2D eigenvalue weighted by atomic mass is 32.1. The van der Waals surface area contributed by atoms with Crippen LogP contribution in [0.15, 0.2) is 41.2 Å². The van der Waals surface area contributed by atoms with Gasteiger partial charge in [-0.15, -0.1) is 0 Å². The van der Waals surface area contributed by atoms with Gasteiger partial charge in [0.15, 0.2) is 0 Å². The minimum atomic E-state index is -0.366. The van der Waals surface area contributed by atoms with E-state index < -0.39 is 0 Å². The second kappa shape index (κ2) is 7.59. The van der Waals surface area contributed by atoms with Gasteiger partial charge < -0.3 is 14.6 Å². The molecule has 0 saturated carbocycles. The molecule has 1 aromatic heterocycles. The van der Waals surface area contributed by atoms with Gasteiger partial charge in [0.05, 0.1) is 4.88 Å². The van der Waals surface area contributed by atoms with Crippen molar-refractivity contribution >= 4 is 11.3 Å². The second-order valence-corrected chi connectivity index (χ2v) is 9.07. The van der Waals surface area contributed by atoms with E-state index in [0.717, 1.165) is 41.2 Å². The molecular weight excluding hydrogens is 386 g/mol. The Labute approximate surface area is 174 Å². The number of aromatic hydroxyl groups is 1. The molecule has 1 aliphatic heterocycles. The predicted octanol–water partition coefficient (Wildman–Crippen LogP) is 4.51. The topological polar surface area (TPSA) is 71.5 Å². The number of hydrogen-bond donors (Lipinski definition) is 2. The van der Waals surface area contributed by atoms with Crippen molar-refractivity contribution in [3.63, 3.8) is 0 Å². The molecule has 0 saturated heterocycles. The first-order chi connectivity index (χ1) is 13.8. The third-order valence-electron chi connectivity index (χ3n) is 5.37. The summed E-state index contributed by atoms with van der Waals surface area (Å²) >= 11 is 1.03. The lowest BCUT2D eigenvalue weighted by Gasteiger charge is -2.36. The maximum absolute atomic E-state index is 11.3. The summed E-state index contributed by atoms with van der Waals surface area (Å²) in [5.41, 5.74) is 4.43. The number of benzene rings is 2.